The number of hydrogen-bond donors (Lipinski definition) is 1. The van der Waals surface area contributed by atoms with E-state index in [9.17, 15) is 4.39 Å². The number of benzene rings is 1. The first-order valence-electron chi connectivity index (χ1n) is 7.70. The molecule has 2 rings (SSSR count). The summed E-state index contributed by atoms with van der Waals surface area (Å²) in [6.45, 7) is 11.3. The third kappa shape index (κ3) is 4.67. The SMILES string of the molecule is CC(C)CC1CNC(C)(C)CN1Cc1cc(Cl)ccc1F. The second-order valence-electron chi connectivity index (χ2n) is 7.19. The summed E-state index contributed by atoms with van der Waals surface area (Å²) >= 11 is 6.01. The maximum absolute atomic E-state index is 14.0. The number of nitrogens with zero attached hydrogens (tertiary/aromatic N) is 1. The standard InChI is InChI=1S/C17H26ClFN2/c1-12(2)7-15-9-20-17(3,4)11-21(15)10-13-8-14(18)5-6-16(13)19/h5-6,8,12,15,20H,7,9-11H2,1-4H3. The molecule has 1 aromatic carbocycles. The van der Waals surface area contributed by atoms with Crippen LogP contribution in [0.5, 0.6) is 0 Å². The summed E-state index contributed by atoms with van der Waals surface area (Å²) in [5.41, 5.74) is 0.747. The van der Waals surface area contributed by atoms with Crippen molar-refractivity contribution in [1.29, 1.82) is 0 Å². The van der Waals surface area contributed by atoms with Gasteiger partial charge in [0.15, 0.2) is 0 Å². The van der Waals surface area contributed by atoms with Crippen LogP contribution in [-0.2, 0) is 6.54 Å². The molecule has 4 heteroatoms. The lowest BCUT2D eigenvalue weighted by molar-refractivity contribution is 0.0750. The molecule has 1 atom stereocenters. The molecule has 2 nitrogen and oxygen atoms in total. The van der Waals surface area contributed by atoms with E-state index in [1.54, 1.807) is 12.1 Å². The number of rotatable bonds is 4. The molecule has 118 valence electrons. The highest BCUT2D eigenvalue weighted by Crippen LogP contribution is 2.24. The van der Waals surface area contributed by atoms with E-state index in [1.807, 2.05) is 0 Å². The van der Waals surface area contributed by atoms with Crippen molar-refractivity contribution < 1.29 is 4.39 Å². The highest BCUT2D eigenvalue weighted by molar-refractivity contribution is 6.30. The van der Waals surface area contributed by atoms with Crippen LogP contribution in [0, 0.1) is 11.7 Å². The molecule has 1 saturated heterocycles. The average molecular weight is 313 g/mol. The van der Waals surface area contributed by atoms with Gasteiger partial charge in [-0.25, -0.2) is 4.39 Å². The van der Waals surface area contributed by atoms with Crippen LogP contribution in [0.1, 0.15) is 39.7 Å². The Hall–Kier alpha value is -0.640. The van der Waals surface area contributed by atoms with Crippen molar-refractivity contribution >= 4 is 11.6 Å². The Balaban J connectivity index is 2.17. The predicted molar refractivity (Wildman–Crippen MR) is 87.1 cm³/mol. The van der Waals surface area contributed by atoms with E-state index < -0.39 is 0 Å². The van der Waals surface area contributed by atoms with Gasteiger partial charge in [-0.1, -0.05) is 25.4 Å². The molecule has 0 radical (unpaired) electrons. The molecule has 1 unspecified atom stereocenters. The minimum Gasteiger partial charge on any atom is -0.309 e. The van der Waals surface area contributed by atoms with Crippen molar-refractivity contribution in [2.45, 2.75) is 52.2 Å². The minimum atomic E-state index is -0.168. The lowest BCUT2D eigenvalue weighted by atomic mass is 9.93. The van der Waals surface area contributed by atoms with Crippen LogP contribution in [0.4, 0.5) is 4.39 Å². The van der Waals surface area contributed by atoms with Gasteiger partial charge in [-0.05, 0) is 44.4 Å². The van der Waals surface area contributed by atoms with Crippen LogP contribution in [0.3, 0.4) is 0 Å². The first kappa shape index (κ1) is 16.7. The maximum Gasteiger partial charge on any atom is 0.127 e. The molecule has 1 aromatic rings. The number of hydrogen-bond acceptors (Lipinski definition) is 2. The molecule has 1 N–H and O–H groups in total. The fourth-order valence-corrected chi connectivity index (χ4v) is 3.26. The zero-order valence-corrected chi connectivity index (χ0v) is 14.2. The lowest BCUT2D eigenvalue weighted by Crippen LogP contribution is -2.61. The van der Waals surface area contributed by atoms with Crippen molar-refractivity contribution in [3.05, 3.63) is 34.6 Å². The smallest absolute Gasteiger partial charge is 0.127 e. The highest BCUT2D eigenvalue weighted by Gasteiger charge is 2.32. The number of nitrogens with one attached hydrogen (secondary N) is 1. The van der Waals surface area contributed by atoms with Crippen molar-refractivity contribution in [3.63, 3.8) is 0 Å². The summed E-state index contributed by atoms with van der Waals surface area (Å²) in [5.74, 6) is 0.462. The van der Waals surface area contributed by atoms with E-state index in [2.05, 4.69) is 37.9 Å². The molecule has 0 bridgehead atoms. The summed E-state index contributed by atoms with van der Waals surface area (Å²) in [6.07, 6.45) is 1.12. The van der Waals surface area contributed by atoms with Gasteiger partial charge < -0.3 is 5.32 Å². The third-order valence-corrected chi connectivity index (χ3v) is 4.29. The Kier molecular flexibility index (Phi) is 5.29. The molecular formula is C17H26ClFN2. The van der Waals surface area contributed by atoms with E-state index in [0.717, 1.165) is 19.5 Å². The first-order valence-corrected chi connectivity index (χ1v) is 8.07. The fraction of sp³-hybridized carbons (Fsp3) is 0.647. The van der Waals surface area contributed by atoms with E-state index in [1.165, 1.54) is 6.07 Å². The van der Waals surface area contributed by atoms with Crippen molar-refractivity contribution in [2.24, 2.45) is 5.92 Å². The van der Waals surface area contributed by atoms with E-state index >= 15 is 0 Å². The molecule has 0 amide bonds. The predicted octanol–water partition coefficient (Wildman–Crippen LogP) is 4.08. The van der Waals surface area contributed by atoms with Gasteiger partial charge in [0.25, 0.3) is 0 Å². The Labute approximate surface area is 132 Å². The van der Waals surface area contributed by atoms with Crippen molar-refractivity contribution in [1.82, 2.24) is 10.2 Å². The van der Waals surface area contributed by atoms with Gasteiger partial charge in [0.2, 0.25) is 0 Å². The summed E-state index contributed by atoms with van der Waals surface area (Å²) in [7, 11) is 0. The summed E-state index contributed by atoms with van der Waals surface area (Å²) < 4.78 is 14.0. The number of piperazine rings is 1. The van der Waals surface area contributed by atoms with Gasteiger partial charge >= 0.3 is 0 Å². The molecule has 0 spiro atoms. The largest absolute Gasteiger partial charge is 0.309 e. The van der Waals surface area contributed by atoms with Gasteiger partial charge in [-0.3, -0.25) is 4.90 Å². The molecule has 1 aliphatic rings. The number of halogens is 2. The van der Waals surface area contributed by atoms with Crippen molar-refractivity contribution in [2.75, 3.05) is 13.1 Å². The van der Waals surface area contributed by atoms with Gasteiger partial charge in [0.1, 0.15) is 5.82 Å². The van der Waals surface area contributed by atoms with Crippen LogP contribution in [0.15, 0.2) is 18.2 Å². The molecule has 0 aliphatic carbocycles. The highest BCUT2D eigenvalue weighted by atomic mass is 35.5. The van der Waals surface area contributed by atoms with Crippen LogP contribution in [0.25, 0.3) is 0 Å². The molecule has 0 saturated carbocycles. The Morgan fingerprint density at radius 2 is 2.14 bits per heavy atom. The van der Waals surface area contributed by atoms with Gasteiger partial charge in [0.05, 0.1) is 0 Å². The van der Waals surface area contributed by atoms with Crippen LogP contribution in [-0.4, -0.2) is 29.6 Å². The molecule has 1 aliphatic heterocycles. The molecule has 1 fully saturated rings. The molecule has 21 heavy (non-hydrogen) atoms. The zero-order chi connectivity index (χ0) is 15.6. The molecule has 0 aromatic heterocycles. The molecular weight excluding hydrogens is 287 g/mol. The molecule has 1 heterocycles. The van der Waals surface area contributed by atoms with E-state index in [-0.39, 0.29) is 11.4 Å². The van der Waals surface area contributed by atoms with Crippen LogP contribution >= 0.6 is 11.6 Å². The Morgan fingerprint density at radius 1 is 1.43 bits per heavy atom. The van der Waals surface area contributed by atoms with Crippen LogP contribution < -0.4 is 5.32 Å². The van der Waals surface area contributed by atoms with Gasteiger partial charge in [0, 0.05) is 41.8 Å². The summed E-state index contributed by atoms with van der Waals surface area (Å²) in [5, 5.41) is 4.19. The fourth-order valence-electron chi connectivity index (χ4n) is 3.06. The third-order valence-electron chi connectivity index (χ3n) is 4.06. The zero-order valence-electron chi connectivity index (χ0n) is 13.4. The summed E-state index contributed by atoms with van der Waals surface area (Å²) in [4.78, 5) is 2.39. The second kappa shape index (κ2) is 6.64. The lowest BCUT2D eigenvalue weighted by Gasteiger charge is -2.45. The quantitative estimate of drug-likeness (QED) is 0.901. The monoisotopic (exact) mass is 312 g/mol. The summed E-state index contributed by atoms with van der Waals surface area (Å²) in [6, 6.07) is 5.26. The van der Waals surface area contributed by atoms with Crippen molar-refractivity contribution in [3.8, 4) is 0 Å². The normalized spacial score (nSPS) is 22.7. The second-order valence-corrected chi connectivity index (χ2v) is 7.63. The minimum absolute atomic E-state index is 0.0581. The van der Waals surface area contributed by atoms with E-state index in [0.29, 0.717) is 29.1 Å². The maximum atomic E-state index is 14.0. The van der Waals surface area contributed by atoms with E-state index in [4.69, 9.17) is 11.6 Å². The Bertz CT molecular complexity index is 488. The van der Waals surface area contributed by atoms with Crippen LogP contribution in [0.2, 0.25) is 5.02 Å². The topological polar surface area (TPSA) is 15.3 Å². The average Bonchev–Trinajstić information content (AvgIpc) is 2.36. The van der Waals surface area contributed by atoms with Gasteiger partial charge in [-0.2, -0.15) is 0 Å². The first-order chi connectivity index (χ1) is 9.77. The Morgan fingerprint density at radius 3 is 2.81 bits per heavy atom. The van der Waals surface area contributed by atoms with Gasteiger partial charge in [-0.15, -0.1) is 0 Å².